The summed E-state index contributed by atoms with van der Waals surface area (Å²) in [5.74, 6) is 0.614. The lowest BCUT2D eigenvalue weighted by molar-refractivity contribution is 0.302. The maximum atomic E-state index is 6.42. The highest BCUT2D eigenvalue weighted by atomic mass is 35.5. The maximum absolute atomic E-state index is 6.42. The van der Waals surface area contributed by atoms with Crippen LogP contribution in [0.25, 0.3) is 0 Å². The second-order valence-corrected chi connectivity index (χ2v) is 7.61. The number of para-hydroxylation sites is 1. The van der Waals surface area contributed by atoms with E-state index in [1.807, 2.05) is 24.3 Å². The lowest BCUT2D eigenvalue weighted by Crippen LogP contribution is -2.52. The maximum Gasteiger partial charge on any atom is 0.196 e. The SMILES string of the molecule is CC1(C)CCCC2(CC1)CN=C(N)N2c1ccccc1Cl. The topological polar surface area (TPSA) is 41.6 Å². The summed E-state index contributed by atoms with van der Waals surface area (Å²) in [5, 5.41) is 0.750. The predicted molar refractivity (Wildman–Crippen MR) is 90.0 cm³/mol. The minimum Gasteiger partial charge on any atom is -0.369 e. The number of aliphatic imine (C=N–C) groups is 1. The van der Waals surface area contributed by atoms with Crippen LogP contribution in [0.2, 0.25) is 5.02 Å². The van der Waals surface area contributed by atoms with Gasteiger partial charge in [0, 0.05) is 0 Å². The number of anilines is 1. The Balaban J connectivity index is 1.97. The lowest BCUT2D eigenvalue weighted by atomic mass is 9.83. The quantitative estimate of drug-likeness (QED) is 0.844. The van der Waals surface area contributed by atoms with E-state index in [1.165, 1.54) is 19.3 Å². The van der Waals surface area contributed by atoms with Crippen LogP contribution in [0.15, 0.2) is 29.3 Å². The zero-order valence-electron chi connectivity index (χ0n) is 12.9. The predicted octanol–water partition coefficient (Wildman–Crippen LogP) is 4.20. The number of nitrogens with two attached hydrogens (primary N) is 1. The number of hydrogen-bond acceptors (Lipinski definition) is 3. The molecule has 1 unspecified atom stereocenters. The molecule has 0 saturated heterocycles. The smallest absolute Gasteiger partial charge is 0.196 e. The first-order chi connectivity index (χ1) is 9.94. The summed E-state index contributed by atoms with van der Waals surface area (Å²) in [6, 6.07) is 7.95. The molecular weight excluding hydrogens is 282 g/mol. The third kappa shape index (κ3) is 2.64. The molecule has 3 nitrogen and oxygen atoms in total. The molecule has 2 aliphatic rings. The average molecular weight is 306 g/mol. The number of rotatable bonds is 1. The standard InChI is InChI=1S/C17H24ClN3/c1-16(2)8-5-9-17(11-10-16)12-20-15(19)21(17)14-7-4-3-6-13(14)18/h3-4,6-7H,5,8-12H2,1-2H3,(H2,19,20). The van der Waals surface area contributed by atoms with Crippen molar-refractivity contribution in [1.82, 2.24) is 0 Å². The zero-order valence-corrected chi connectivity index (χ0v) is 13.7. The van der Waals surface area contributed by atoms with Gasteiger partial charge in [0.1, 0.15) is 0 Å². The molecule has 0 bridgehead atoms. The van der Waals surface area contributed by atoms with E-state index in [4.69, 9.17) is 17.3 Å². The van der Waals surface area contributed by atoms with Crippen LogP contribution >= 0.6 is 11.6 Å². The van der Waals surface area contributed by atoms with Crippen molar-refractivity contribution >= 4 is 23.2 Å². The van der Waals surface area contributed by atoms with Crippen molar-refractivity contribution in [3.63, 3.8) is 0 Å². The minimum absolute atomic E-state index is 0.0167. The Labute approximate surface area is 132 Å². The van der Waals surface area contributed by atoms with Gasteiger partial charge in [0.2, 0.25) is 0 Å². The van der Waals surface area contributed by atoms with Crippen molar-refractivity contribution in [2.75, 3.05) is 11.4 Å². The number of hydrogen-bond donors (Lipinski definition) is 1. The third-order valence-electron chi connectivity index (χ3n) is 5.09. The average Bonchev–Trinajstić information content (AvgIpc) is 2.66. The van der Waals surface area contributed by atoms with Crippen LogP contribution in [0.1, 0.15) is 46.0 Å². The number of nitrogens with zero attached hydrogens (tertiary/aromatic N) is 2. The third-order valence-corrected chi connectivity index (χ3v) is 5.41. The van der Waals surface area contributed by atoms with Gasteiger partial charge in [-0.25, -0.2) is 0 Å². The van der Waals surface area contributed by atoms with Crippen molar-refractivity contribution in [1.29, 1.82) is 0 Å². The van der Waals surface area contributed by atoms with Gasteiger partial charge >= 0.3 is 0 Å². The summed E-state index contributed by atoms with van der Waals surface area (Å²) < 4.78 is 0. The van der Waals surface area contributed by atoms with Crippen LogP contribution in [0.3, 0.4) is 0 Å². The largest absolute Gasteiger partial charge is 0.369 e. The Morgan fingerprint density at radius 3 is 2.67 bits per heavy atom. The molecule has 1 atom stereocenters. The highest BCUT2D eigenvalue weighted by Gasteiger charge is 2.45. The molecule has 1 saturated carbocycles. The molecule has 1 spiro atoms. The normalized spacial score (nSPS) is 28.5. The number of halogens is 1. The number of benzene rings is 1. The minimum atomic E-state index is 0.0167. The molecule has 1 aromatic rings. The summed E-state index contributed by atoms with van der Waals surface area (Å²) >= 11 is 6.42. The number of guanidine groups is 1. The van der Waals surface area contributed by atoms with Crippen LogP contribution in [0, 0.1) is 5.41 Å². The molecule has 21 heavy (non-hydrogen) atoms. The summed E-state index contributed by atoms with van der Waals surface area (Å²) in [4.78, 5) is 6.77. The van der Waals surface area contributed by atoms with Gasteiger partial charge in [-0.15, -0.1) is 0 Å². The highest BCUT2D eigenvalue weighted by Crippen LogP contribution is 2.45. The molecule has 0 radical (unpaired) electrons. The molecule has 1 heterocycles. The van der Waals surface area contributed by atoms with E-state index in [2.05, 4.69) is 23.7 Å². The Morgan fingerprint density at radius 1 is 1.14 bits per heavy atom. The molecule has 0 aromatic heterocycles. The van der Waals surface area contributed by atoms with Crippen LogP contribution in [0.4, 0.5) is 5.69 Å². The highest BCUT2D eigenvalue weighted by molar-refractivity contribution is 6.34. The Kier molecular flexibility index (Phi) is 3.64. The van der Waals surface area contributed by atoms with E-state index in [0.717, 1.165) is 30.1 Å². The molecule has 0 amide bonds. The summed E-state index contributed by atoms with van der Waals surface area (Å²) in [6.45, 7) is 5.52. The Hall–Kier alpha value is -1.22. The van der Waals surface area contributed by atoms with E-state index in [0.29, 0.717) is 11.4 Å². The van der Waals surface area contributed by atoms with E-state index in [9.17, 15) is 0 Å². The van der Waals surface area contributed by atoms with Gasteiger partial charge < -0.3 is 10.6 Å². The molecular formula is C17H24ClN3. The Morgan fingerprint density at radius 2 is 1.90 bits per heavy atom. The first-order valence-corrected chi connectivity index (χ1v) is 8.16. The molecule has 4 heteroatoms. The van der Waals surface area contributed by atoms with Crippen molar-refractivity contribution in [3.8, 4) is 0 Å². The van der Waals surface area contributed by atoms with E-state index in [-0.39, 0.29) is 5.54 Å². The van der Waals surface area contributed by atoms with E-state index in [1.54, 1.807) is 0 Å². The summed E-state index contributed by atoms with van der Waals surface area (Å²) in [6.07, 6.45) is 5.94. The molecule has 3 rings (SSSR count). The molecule has 1 fully saturated rings. The molecule has 1 aliphatic carbocycles. The summed E-state index contributed by atoms with van der Waals surface area (Å²) in [5.41, 5.74) is 7.65. The monoisotopic (exact) mass is 305 g/mol. The van der Waals surface area contributed by atoms with Crippen LogP contribution in [0.5, 0.6) is 0 Å². The van der Waals surface area contributed by atoms with Crippen molar-refractivity contribution in [3.05, 3.63) is 29.3 Å². The second-order valence-electron chi connectivity index (χ2n) is 7.20. The van der Waals surface area contributed by atoms with E-state index >= 15 is 0 Å². The van der Waals surface area contributed by atoms with Gasteiger partial charge in [0.25, 0.3) is 0 Å². The van der Waals surface area contributed by atoms with Gasteiger partial charge in [0.15, 0.2) is 5.96 Å². The molecule has 1 aliphatic heterocycles. The van der Waals surface area contributed by atoms with Gasteiger partial charge in [-0.3, -0.25) is 4.99 Å². The molecule has 1 aromatic carbocycles. The van der Waals surface area contributed by atoms with Crippen molar-refractivity contribution in [2.24, 2.45) is 16.1 Å². The Bertz CT molecular complexity index is 567. The van der Waals surface area contributed by atoms with Crippen molar-refractivity contribution in [2.45, 2.75) is 51.5 Å². The van der Waals surface area contributed by atoms with Gasteiger partial charge in [-0.1, -0.05) is 44.0 Å². The fourth-order valence-electron chi connectivity index (χ4n) is 3.72. The summed E-state index contributed by atoms with van der Waals surface area (Å²) in [7, 11) is 0. The first-order valence-electron chi connectivity index (χ1n) is 7.78. The lowest BCUT2D eigenvalue weighted by Gasteiger charge is -2.39. The van der Waals surface area contributed by atoms with Crippen LogP contribution in [-0.4, -0.2) is 18.0 Å². The van der Waals surface area contributed by atoms with E-state index < -0.39 is 0 Å². The van der Waals surface area contributed by atoms with Gasteiger partial charge in [-0.2, -0.15) is 0 Å². The fraction of sp³-hybridized carbons (Fsp3) is 0.588. The van der Waals surface area contributed by atoms with Gasteiger partial charge in [0.05, 0.1) is 22.8 Å². The van der Waals surface area contributed by atoms with Crippen LogP contribution in [-0.2, 0) is 0 Å². The van der Waals surface area contributed by atoms with Crippen LogP contribution < -0.4 is 10.6 Å². The van der Waals surface area contributed by atoms with Crippen molar-refractivity contribution < 1.29 is 0 Å². The molecule has 2 N–H and O–H groups in total. The zero-order chi connectivity index (χ0) is 15.1. The van der Waals surface area contributed by atoms with Gasteiger partial charge in [-0.05, 0) is 43.2 Å². The second kappa shape index (κ2) is 5.20. The first kappa shape index (κ1) is 14.7. The fourth-order valence-corrected chi connectivity index (χ4v) is 3.94. The molecule has 114 valence electrons.